The molecule has 0 radical (unpaired) electrons. The van der Waals surface area contributed by atoms with E-state index in [-0.39, 0.29) is 24.1 Å². The first kappa shape index (κ1) is 27.6. The van der Waals surface area contributed by atoms with Gasteiger partial charge in [-0.05, 0) is 64.7 Å². The highest BCUT2D eigenvalue weighted by Crippen LogP contribution is 2.40. The summed E-state index contributed by atoms with van der Waals surface area (Å²) in [5.41, 5.74) is 0. The third kappa shape index (κ3) is 13.0. The number of ether oxygens (including phenoxy) is 2. The van der Waals surface area contributed by atoms with E-state index in [0.29, 0.717) is 12.8 Å². The number of carbonyl (C=O) groups is 2. The fourth-order valence-electron chi connectivity index (χ4n) is 3.77. The highest BCUT2D eigenvalue weighted by molar-refractivity contribution is 8.77. The Hall–Kier alpha value is 0.340. The Morgan fingerprint density at radius 1 is 0.839 bits per heavy atom. The van der Waals surface area contributed by atoms with Crippen LogP contribution in [0.25, 0.3) is 0 Å². The van der Waals surface area contributed by atoms with Gasteiger partial charge in [-0.15, -0.1) is 0 Å². The molecule has 2 aliphatic heterocycles. The number of carbonyl (C=O) groups excluding carboxylic acids is 2. The van der Waals surface area contributed by atoms with Gasteiger partial charge in [0.15, 0.2) is 0 Å². The molecule has 180 valence electrons. The molecule has 4 unspecified atom stereocenters. The molecule has 31 heavy (non-hydrogen) atoms. The third-order valence-electron chi connectivity index (χ3n) is 5.75. The Bertz CT molecular complexity index is 508. The molecular weight excluding hydrogens is 469 g/mol. The van der Waals surface area contributed by atoms with Gasteiger partial charge < -0.3 is 9.47 Å². The van der Waals surface area contributed by atoms with E-state index in [1.165, 1.54) is 37.2 Å². The van der Waals surface area contributed by atoms with Crippen molar-refractivity contribution in [1.29, 1.82) is 0 Å². The van der Waals surface area contributed by atoms with Gasteiger partial charge in [-0.1, -0.05) is 62.9 Å². The Morgan fingerprint density at radius 3 is 1.87 bits per heavy atom. The lowest BCUT2D eigenvalue weighted by Gasteiger charge is -2.19. The normalized spacial score (nSPS) is 22.9. The van der Waals surface area contributed by atoms with E-state index >= 15 is 0 Å². The first-order valence-electron chi connectivity index (χ1n) is 12.0. The van der Waals surface area contributed by atoms with E-state index < -0.39 is 0 Å². The summed E-state index contributed by atoms with van der Waals surface area (Å²) in [6.07, 6.45) is 12.2. The molecule has 4 atom stereocenters. The molecule has 0 spiro atoms. The monoisotopic (exact) mass is 508 g/mol. The van der Waals surface area contributed by atoms with Crippen LogP contribution in [0.3, 0.4) is 0 Å². The first-order valence-corrected chi connectivity index (χ1v) is 16.8. The first-order chi connectivity index (χ1) is 15.1. The molecule has 0 aliphatic carbocycles. The summed E-state index contributed by atoms with van der Waals surface area (Å²) in [5, 5.41) is 1.55. The lowest BCUT2D eigenvalue weighted by molar-refractivity contribution is -0.153. The van der Waals surface area contributed by atoms with Crippen molar-refractivity contribution >= 4 is 55.1 Å². The standard InChI is InChI=1S/C23H40O4S4/c1-3-19(27-23(25)11-7-5-9-21-15-17-29-31-21)13-12-18(2)26-22(24)10-6-4-8-20-14-16-28-30-20/h18-21H,3-17H2,1-2H3. The molecule has 0 aromatic rings. The molecule has 2 rings (SSSR count). The summed E-state index contributed by atoms with van der Waals surface area (Å²) in [7, 11) is 7.94. The summed E-state index contributed by atoms with van der Waals surface area (Å²) < 4.78 is 11.2. The molecule has 2 aliphatic rings. The van der Waals surface area contributed by atoms with Crippen LogP contribution in [0.15, 0.2) is 0 Å². The summed E-state index contributed by atoms with van der Waals surface area (Å²) in [6.45, 7) is 3.99. The minimum absolute atomic E-state index is 0.0720. The largest absolute Gasteiger partial charge is 0.463 e. The highest BCUT2D eigenvalue weighted by atomic mass is 33.1. The van der Waals surface area contributed by atoms with Crippen molar-refractivity contribution in [3.8, 4) is 0 Å². The summed E-state index contributed by atoms with van der Waals surface area (Å²) in [6, 6.07) is 0. The van der Waals surface area contributed by atoms with Crippen LogP contribution in [-0.4, -0.2) is 46.2 Å². The van der Waals surface area contributed by atoms with Gasteiger partial charge in [-0.25, -0.2) is 0 Å². The maximum Gasteiger partial charge on any atom is 0.306 e. The maximum absolute atomic E-state index is 12.2. The van der Waals surface area contributed by atoms with Gasteiger partial charge in [-0.3, -0.25) is 9.59 Å². The van der Waals surface area contributed by atoms with E-state index in [1.807, 2.05) is 57.0 Å². The average Bonchev–Trinajstić information content (AvgIpc) is 3.46. The second-order valence-corrected chi connectivity index (χ2v) is 14.1. The van der Waals surface area contributed by atoms with Crippen molar-refractivity contribution in [3.63, 3.8) is 0 Å². The fraction of sp³-hybridized carbons (Fsp3) is 0.913. The molecule has 0 bridgehead atoms. The van der Waals surface area contributed by atoms with E-state index in [4.69, 9.17) is 9.47 Å². The minimum Gasteiger partial charge on any atom is -0.463 e. The van der Waals surface area contributed by atoms with Crippen LogP contribution in [-0.2, 0) is 19.1 Å². The van der Waals surface area contributed by atoms with Crippen molar-refractivity contribution in [2.24, 2.45) is 0 Å². The Balaban J connectivity index is 1.48. The Kier molecular flexibility index (Phi) is 15.0. The molecule has 2 fully saturated rings. The number of hydrogen-bond acceptors (Lipinski definition) is 8. The Morgan fingerprint density at radius 2 is 1.39 bits per heavy atom. The van der Waals surface area contributed by atoms with Crippen LogP contribution in [0.4, 0.5) is 0 Å². The van der Waals surface area contributed by atoms with Gasteiger partial charge in [0.25, 0.3) is 0 Å². The number of rotatable bonds is 16. The molecule has 8 heteroatoms. The topological polar surface area (TPSA) is 52.6 Å². The molecule has 0 N–H and O–H groups in total. The van der Waals surface area contributed by atoms with Crippen LogP contribution in [0.2, 0.25) is 0 Å². The molecule has 0 amide bonds. The Labute approximate surface area is 205 Å². The smallest absolute Gasteiger partial charge is 0.306 e. The van der Waals surface area contributed by atoms with Crippen molar-refractivity contribution in [2.75, 3.05) is 11.5 Å². The van der Waals surface area contributed by atoms with Crippen LogP contribution in [0, 0.1) is 0 Å². The van der Waals surface area contributed by atoms with E-state index in [1.54, 1.807) is 0 Å². The van der Waals surface area contributed by atoms with Gasteiger partial charge >= 0.3 is 11.9 Å². The molecule has 2 saturated heterocycles. The number of hydrogen-bond donors (Lipinski definition) is 0. The van der Waals surface area contributed by atoms with E-state index in [2.05, 4.69) is 0 Å². The second-order valence-electron chi connectivity index (χ2n) is 8.55. The quantitative estimate of drug-likeness (QED) is 0.121. The average molecular weight is 509 g/mol. The summed E-state index contributed by atoms with van der Waals surface area (Å²) in [5.74, 6) is 2.36. The van der Waals surface area contributed by atoms with Crippen LogP contribution >= 0.6 is 43.2 Å². The fourth-order valence-corrected chi connectivity index (χ4v) is 9.82. The van der Waals surface area contributed by atoms with E-state index in [0.717, 1.165) is 55.4 Å². The summed E-state index contributed by atoms with van der Waals surface area (Å²) in [4.78, 5) is 24.2. The summed E-state index contributed by atoms with van der Waals surface area (Å²) >= 11 is 0. The van der Waals surface area contributed by atoms with Crippen LogP contribution in [0.5, 0.6) is 0 Å². The molecule has 2 heterocycles. The van der Waals surface area contributed by atoms with E-state index in [9.17, 15) is 9.59 Å². The van der Waals surface area contributed by atoms with Crippen molar-refractivity contribution in [2.45, 2.75) is 120 Å². The zero-order valence-corrected chi connectivity index (χ0v) is 22.4. The second kappa shape index (κ2) is 16.9. The van der Waals surface area contributed by atoms with Crippen molar-refractivity contribution in [3.05, 3.63) is 0 Å². The van der Waals surface area contributed by atoms with Crippen LogP contribution < -0.4 is 0 Å². The SMILES string of the molecule is CCC(CCC(C)OC(=O)CCCCC1CCSS1)OC(=O)CCCCC1CCSS1. The molecule has 0 aromatic heterocycles. The molecule has 0 saturated carbocycles. The number of esters is 2. The lowest BCUT2D eigenvalue weighted by atomic mass is 10.1. The van der Waals surface area contributed by atoms with Crippen molar-refractivity contribution in [1.82, 2.24) is 0 Å². The molecule has 0 aromatic carbocycles. The number of unbranched alkanes of at least 4 members (excludes halogenated alkanes) is 2. The van der Waals surface area contributed by atoms with Crippen LogP contribution in [0.1, 0.15) is 97.3 Å². The lowest BCUT2D eigenvalue weighted by Crippen LogP contribution is -2.21. The predicted octanol–water partition coefficient (Wildman–Crippen LogP) is 7.45. The van der Waals surface area contributed by atoms with Gasteiger partial charge in [0.05, 0.1) is 6.10 Å². The van der Waals surface area contributed by atoms with Gasteiger partial charge in [0, 0.05) is 34.8 Å². The van der Waals surface area contributed by atoms with Gasteiger partial charge in [0.2, 0.25) is 0 Å². The maximum atomic E-state index is 12.2. The minimum atomic E-state index is -0.121. The van der Waals surface area contributed by atoms with Gasteiger partial charge in [0.1, 0.15) is 6.10 Å². The highest BCUT2D eigenvalue weighted by Gasteiger charge is 2.19. The van der Waals surface area contributed by atoms with Crippen molar-refractivity contribution < 1.29 is 19.1 Å². The van der Waals surface area contributed by atoms with Gasteiger partial charge in [-0.2, -0.15) is 0 Å². The predicted molar refractivity (Wildman–Crippen MR) is 139 cm³/mol. The molecule has 4 nitrogen and oxygen atoms in total. The molecular formula is C23H40O4S4. The third-order valence-corrected chi connectivity index (χ3v) is 11.8. The zero-order chi connectivity index (χ0) is 22.3. The zero-order valence-electron chi connectivity index (χ0n) is 19.2.